The van der Waals surface area contributed by atoms with E-state index in [4.69, 9.17) is 9.47 Å². The first-order valence-corrected chi connectivity index (χ1v) is 7.93. The lowest BCUT2D eigenvalue weighted by Crippen LogP contribution is -2.32. The van der Waals surface area contributed by atoms with Crippen LogP contribution in [0.1, 0.15) is 51.1 Å². The molecule has 0 bridgehead atoms. The molecule has 1 aliphatic rings. The highest BCUT2D eigenvalue weighted by Gasteiger charge is 2.28. The molecule has 2 unspecified atom stereocenters. The Morgan fingerprint density at radius 3 is 2.85 bits per heavy atom. The maximum atomic E-state index is 5.91. The lowest BCUT2D eigenvalue weighted by molar-refractivity contribution is 0.0772. The lowest BCUT2D eigenvalue weighted by atomic mass is 9.98. The molecule has 0 aliphatic carbocycles. The minimum atomic E-state index is 0.241. The van der Waals surface area contributed by atoms with Gasteiger partial charge < -0.3 is 14.8 Å². The van der Waals surface area contributed by atoms with Gasteiger partial charge in [0.25, 0.3) is 0 Å². The van der Waals surface area contributed by atoms with Gasteiger partial charge in [-0.05, 0) is 38.3 Å². The highest BCUT2D eigenvalue weighted by molar-refractivity contribution is 5.36. The Morgan fingerprint density at radius 1 is 1.30 bits per heavy atom. The van der Waals surface area contributed by atoms with E-state index in [1.165, 1.54) is 5.56 Å². The van der Waals surface area contributed by atoms with Crippen LogP contribution in [0.15, 0.2) is 24.3 Å². The molecule has 112 valence electrons. The summed E-state index contributed by atoms with van der Waals surface area (Å²) in [5.74, 6) is 0.999. The molecule has 1 heterocycles. The summed E-state index contributed by atoms with van der Waals surface area (Å²) in [7, 11) is 0. The Labute approximate surface area is 122 Å². The summed E-state index contributed by atoms with van der Waals surface area (Å²) >= 11 is 0. The number of ether oxygens (including phenoxy) is 2. The van der Waals surface area contributed by atoms with Gasteiger partial charge in [-0.1, -0.05) is 32.0 Å². The number of rotatable bonds is 8. The van der Waals surface area contributed by atoms with Gasteiger partial charge in [0.1, 0.15) is 5.75 Å². The van der Waals surface area contributed by atoms with Gasteiger partial charge in [0.2, 0.25) is 0 Å². The van der Waals surface area contributed by atoms with Gasteiger partial charge in [-0.3, -0.25) is 0 Å². The Kier molecular flexibility index (Phi) is 6.34. The van der Waals surface area contributed by atoms with Crippen LogP contribution in [0.3, 0.4) is 0 Å². The highest BCUT2D eigenvalue weighted by atomic mass is 16.5. The molecule has 3 heteroatoms. The molecule has 0 radical (unpaired) electrons. The second-order valence-corrected chi connectivity index (χ2v) is 5.37. The van der Waals surface area contributed by atoms with Gasteiger partial charge in [-0.15, -0.1) is 0 Å². The second kappa shape index (κ2) is 8.28. The van der Waals surface area contributed by atoms with Gasteiger partial charge >= 0.3 is 0 Å². The standard InChI is InChI=1S/C17H27NO2/c1-3-11-18-17(16-10-7-13-20-16)14-8-5-6-9-15(14)19-12-4-2/h5-6,8-9,16-18H,3-4,7,10-13H2,1-2H3. The predicted octanol–water partition coefficient (Wildman–Crippen LogP) is 3.70. The molecule has 0 aromatic heterocycles. The summed E-state index contributed by atoms with van der Waals surface area (Å²) < 4.78 is 11.8. The summed E-state index contributed by atoms with van der Waals surface area (Å²) in [6.07, 6.45) is 4.71. The summed E-state index contributed by atoms with van der Waals surface area (Å²) in [6, 6.07) is 8.61. The Morgan fingerprint density at radius 2 is 2.15 bits per heavy atom. The van der Waals surface area contributed by atoms with Crippen molar-refractivity contribution in [1.82, 2.24) is 5.32 Å². The third kappa shape index (κ3) is 3.97. The van der Waals surface area contributed by atoms with Crippen LogP contribution in [0, 0.1) is 0 Å². The average molecular weight is 277 g/mol. The fourth-order valence-electron chi connectivity index (χ4n) is 2.69. The first kappa shape index (κ1) is 15.3. The van der Waals surface area contributed by atoms with Crippen molar-refractivity contribution < 1.29 is 9.47 Å². The summed E-state index contributed by atoms with van der Waals surface area (Å²) in [5.41, 5.74) is 1.24. The van der Waals surface area contributed by atoms with E-state index in [0.717, 1.165) is 51.2 Å². The average Bonchev–Trinajstić information content (AvgIpc) is 3.01. The maximum absolute atomic E-state index is 5.91. The van der Waals surface area contributed by atoms with E-state index in [1.54, 1.807) is 0 Å². The molecule has 3 nitrogen and oxygen atoms in total. The molecule has 1 aromatic rings. The molecule has 1 N–H and O–H groups in total. The molecular formula is C17H27NO2. The Hall–Kier alpha value is -1.06. The van der Waals surface area contributed by atoms with Gasteiger partial charge in [0.05, 0.1) is 18.8 Å². The second-order valence-electron chi connectivity index (χ2n) is 5.37. The third-order valence-electron chi connectivity index (χ3n) is 3.67. The Bertz CT molecular complexity index is 388. The predicted molar refractivity (Wildman–Crippen MR) is 82.2 cm³/mol. The van der Waals surface area contributed by atoms with E-state index in [2.05, 4.69) is 37.4 Å². The monoisotopic (exact) mass is 277 g/mol. The zero-order valence-electron chi connectivity index (χ0n) is 12.7. The number of hydrogen-bond donors (Lipinski definition) is 1. The smallest absolute Gasteiger partial charge is 0.124 e. The van der Waals surface area contributed by atoms with Crippen molar-refractivity contribution in [2.24, 2.45) is 0 Å². The zero-order chi connectivity index (χ0) is 14.2. The Balaban J connectivity index is 2.17. The molecule has 20 heavy (non-hydrogen) atoms. The van der Waals surface area contributed by atoms with E-state index in [0.29, 0.717) is 0 Å². The molecule has 1 aliphatic heterocycles. The normalized spacial score (nSPS) is 20.0. The molecule has 0 saturated carbocycles. The van der Waals surface area contributed by atoms with Gasteiger partial charge in [-0.25, -0.2) is 0 Å². The molecule has 2 rings (SSSR count). The van der Waals surface area contributed by atoms with Crippen molar-refractivity contribution in [3.8, 4) is 5.75 Å². The first-order valence-electron chi connectivity index (χ1n) is 7.93. The van der Waals surface area contributed by atoms with Crippen molar-refractivity contribution in [3.63, 3.8) is 0 Å². The SMILES string of the molecule is CCCNC(c1ccccc1OCCC)C1CCCO1. The van der Waals surface area contributed by atoms with E-state index < -0.39 is 0 Å². The van der Waals surface area contributed by atoms with Crippen molar-refractivity contribution in [2.75, 3.05) is 19.8 Å². The minimum Gasteiger partial charge on any atom is -0.493 e. The fourth-order valence-corrected chi connectivity index (χ4v) is 2.69. The fraction of sp³-hybridized carbons (Fsp3) is 0.647. The van der Waals surface area contributed by atoms with Crippen LogP contribution < -0.4 is 10.1 Å². The van der Waals surface area contributed by atoms with Crippen LogP contribution in [0.25, 0.3) is 0 Å². The van der Waals surface area contributed by atoms with Gasteiger partial charge in [0, 0.05) is 12.2 Å². The number of nitrogens with one attached hydrogen (secondary N) is 1. The van der Waals surface area contributed by atoms with Crippen LogP contribution in [-0.4, -0.2) is 25.9 Å². The zero-order valence-corrected chi connectivity index (χ0v) is 12.7. The van der Waals surface area contributed by atoms with Gasteiger partial charge in [0.15, 0.2) is 0 Å². The molecule has 1 fully saturated rings. The van der Waals surface area contributed by atoms with Crippen molar-refractivity contribution in [2.45, 2.75) is 51.7 Å². The quantitative estimate of drug-likeness (QED) is 0.786. The molecule has 1 saturated heterocycles. The van der Waals surface area contributed by atoms with Crippen LogP contribution >= 0.6 is 0 Å². The molecule has 0 amide bonds. The van der Waals surface area contributed by atoms with Crippen molar-refractivity contribution >= 4 is 0 Å². The van der Waals surface area contributed by atoms with Crippen LogP contribution in [0.5, 0.6) is 5.75 Å². The van der Waals surface area contributed by atoms with E-state index in [-0.39, 0.29) is 12.1 Å². The largest absolute Gasteiger partial charge is 0.493 e. The van der Waals surface area contributed by atoms with Crippen LogP contribution in [0.2, 0.25) is 0 Å². The summed E-state index contributed by atoms with van der Waals surface area (Å²) in [6.45, 7) is 6.98. The number of para-hydroxylation sites is 1. The molecule has 1 aromatic carbocycles. The summed E-state index contributed by atoms with van der Waals surface area (Å²) in [4.78, 5) is 0. The van der Waals surface area contributed by atoms with Crippen molar-refractivity contribution in [1.29, 1.82) is 0 Å². The minimum absolute atomic E-state index is 0.241. The van der Waals surface area contributed by atoms with Crippen LogP contribution in [0.4, 0.5) is 0 Å². The summed E-state index contributed by atoms with van der Waals surface area (Å²) in [5, 5.41) is 3.64. The first-order chi connectivity index (χ1) is 9.86. The number of hydrogen-bond acceptors (Lipinski definition) is 3. The third-order valence-corrected chi connectivity index (χ3v) is 3.67. The number of benzene rings is 1. The highest BCUT2D eigenvalue weighted by Crippen LogP contribution is 2.32. The van der Waals surface area contributed by atoms with E-state index >= 15 is 0 Å². The molecule has 0 spiro atoms. The van der Waals surface area contributed by atoms with Gasteiger partial charge in [-0.2, -0.15) is 0 Å². The van der Waals surface area contributed by atoms with E-state index in [1.807, 2.05) is 6.07 Å². The molecule has 2 atom stereocenters. The van der Waals surface area contributed by atoms with Crippen molar-refractivity contribution in [3.05, 3.63) is 29.8 Å². The molecular weight excluding hydrogens is 250 g/mol. The van der Waals surface area contributed by atoms with E-state index in [9.17, 15) is 0 Å². The lowest BCUT2D eigenvalue weighted by Gasteiger charge is -2.26. The van der Waals surface area contributed by atoms with Crippen LogP contribution in [-0.2, 0) is 4.74 Å². The topological polar surface area (TPSA) is 30.5 Å². The maximum Gasteiger partial charge on any atom is 0.124 e.